The highest BCUT2D eigenvalue weighted by Gasteiger charge is 2.01. The van der Waals surface area contributed by atoms with E-state index in [0.29, 0.717) is 24.1 Å². The molecule has 0 bridgehead atoms. The van der Waals surface area contributed by atoms with Crippen LogP contribution in [0.3, 0.4) is 0 Å². The van der Waals surface area contributed by atoms with Crippen LogP contribution in [0.1, 0.15) is 36.2 Å². The van der Waals surface area contributed by atoms with Crippen molar-refractivity contribution >= 4 is 35.8 Å². The van der Waals surface area contributed by atoms with E-state index in [0.717, 1.165) is 12.0 Å². The van der Waals surface area contributed by atoms with Crippen LogP contribution in [0.25, 0.3) is 0 Å². The van der Waals surface area contributed by atoms with Crippen LogP contribution in [0.5, 0.6) is 0 Å². The van der Waals surface area contributed by atoms with Gasteiger partial charge in [-0.05, 0) is 31.0 Å². The number of nitrogens with two attached hydrogens (primary N) is 2. The normalized spacial score (nSPS) is 12.4. The monoisotopic (exact) mass is 376 g/mol. The van der Waals surface area contributed by atoms with Gasteiger partial charge in [-0.1, -0.05) is 19.1 Å². The molecule has 5 nitrogen and oxygen atoms in total. The number of nitrogens with zero attached hydrogens (tertiary/aromatic N) is 1. The molecular formula is C13H21IN4O. The van der Waals surface area contributed by atoms with Crippen molar-refractivity contribution < 1.29 is 4.79 Å². The number of guanidine groups is 1. The van der Waals surface area contributed by atoms with Crippen LogP contribution >= 0.6 is 24.0 Å². The van der Waals surface area contributed by atoms with E-state index in [-0.39, 0.29) is 24.0 Å². The lowest BCUT2D eigenvalue weighted by atomic mass is 10.1. The average Bonchev–Trinajstić information content (AvgIpc) is 2.36. The van der Waals surface area contributed by atoms with Gasteiger partial charge in [-0.3, -0.25) is 4.79 Å². The number of amides is 1. The smallest absolute Gasteiger partial charge is 0.248 e. The molecule has 106 valence electrons. The van der Waals surface area contributed by atoms with Gasteiger partial charge in [0, 0.05) is 11.6 Å². The van der Waals surface area contributed by atoms with Gasteiger partial charge in [0.25, 0.3) is 0 Å². The molecule has 0 aliphatic heterocycles. The minimum atomic E-state index is -0.428. The molecular weight excluding hydrogens is 355 g/mol. The third kappa shape index (κ3) is 6.42. The van der Waals surface area contributed by atoms with Gasteiger partial charge < -0.3 is 16.8 Å². The van der Waals surface area contributed by atoms with Crippen molar-refractivity contribution in [3.63, 3.8) is 0 Å². The first-order valence-corrected chi connectivity index (χ1v) is 5.98. The summed E-state index contributed by atoms with van der Waals surface area (Å²) < 4.78 is 0. The van der Waals surface area contributed by atoms with Gasteiger partial charge in [-0.25, -0.2) is 4.99 Å². The maximum atomic E-state index is 10.9. The molecule has 5 N–H and O–H groups in total. The molecule has 0 aliphatic carbocycles. The van der Waals surface area contributed by atoms with Crippen LogP contribution in [-0.2, 0) is 6.54 Å². The fourth-order valence-electron chi connectivity index (χ4n) is 1.35. The molecule has 0 saturated heterocycles. The number of benzene rings is 1. The topological polar surface area (TPSA) is 93.5 Å². The van der Waals surface area contributed by atoms with Crippen molar-refractivity contribution in [2.24, 2.45) is 16.5 Å². The van der Waals surface area contributed by atoms with E-state index < -0.39 is 5.91 Å². The Morgan fingerprint density at radius 2 is 1.89 bits per heavy atom. The van der Waals surface area contributed by atoms with E-state index in [4.69, 9.17) is 11.5 Å². The molecule has 0 saturated carbocycles. The Morgan fingerprint density at radius 1 is 1.32 bits per heavy atom. The van der Waals surface area contributed by atoms with Crippen LogP contribution in [0, 0.1) is 0 Å². The standard InChI is InChI=1S/C13H20N4O.HI/c1-3-9(2)17-13(15)16-8-10-4-6-11(7-5-10)12(14)18;/h4-7,9H,3,8H2,1-2H3,(H2,14,18)(H3,15,16,17);1H. The molecule has 1 amide bonds. The molecule has 19 heavy (non-hydrogen) atoms. The van der Waals surface area contributed by atoms with Gasteiger partial charge >= 0.3 is 0 Å². The fourth-order valence-corrected chi connectivity index (χ4v) is 1.35. The highest BCUT2D eigenvalue weighted by molar-refractivity contribution is 14.0. The van der Waals surface area contributed by atoms with Crippen LogP contribution in [0.2, 0.25) is 0 Å². The number of carbonyl (C=O) groups is 1. The first kappa shape index (κ1) is 17.7. The summed E-state index contributed by atoms with van der Waals surface area (Å²) in [7, 11) is 0. The van der Waals surface area contributed by atoms with Crippen LogP contribution in [-0.4, -0.2) is 17.9 Å². The van der Waals surface area contributed by atoms with Gasteiger partial charge in [0.15, 0.2) is 5.96 Å². The fraction of sp³-hybridized carbons (Fsp3) is 0.385. The Labute approximate surface area is 130 Å². The number of hydrogen-bond acceptors (Lipinski definition) is 2. The molecule has 6 heteroatoms. The molecule has 0 radical (unpaired) electrons. The van der Waals surface area contributed by atoms with E-state index in [9.17, 15) is 4.79 Å². The number of carbonyl (C=O) groups excluding carboxylic acids is 1. The van der Waals surface area contributed by atoms with E-state index in [1.807, 2.05) is 19.1 Å². The average molecular weight is 376 g/mol. The van der Waals surface area contributed by atoms with E-state index in [2.05, 4.69) is 17.2 Å². The summed E-state index contributed by atoms with van der Waals surface area (Å²) in [5.74, 6) is 0.00586. The molecule has 1 unspecified atom stereocenters. The summed E-state index contributed by atoms with van der Waals surface area (Å²) in [4.78, 5) is 15.1. The molecule has 1 atom stereocenters. The third-order valence-corrected chi connectivity index (χ3v) is 2.68. The lowest BCUT2D eigenvalue weighted by molar-refractivity contribution is 0.100. The number of aliphatic imine (C=N–C) groups is 1. The Morgan fingerprint density at radius 3 is 2.37 bits per heavy atom. The van der Waals surface area contributed by atoms with Crippen molar-refractivity contribution in [3.8, 4) is 0 Å². The first-order chi connectivity index (χ1) is 8.52. The van der Waals surface area contributed by atoms with Crippen LogP contribution in [0.15, 0.2) is 29.3 Å². The summed E-state index contributed by atoms with van der Waals surface area (Å²) in [6, 6.07) is 7.32. The Hall–Kier alpha value is -1.31. The van der Waals surface area contributed by atoms with Crippen molar-refractivity contribution in [3.05, 3.63) is 35.4 Å². The summed E-state index contributed by atoms with van der Waals surface area (Å²) >= 11 is 0. The molecule has 0 aromatic heterocycles. The predicted octanol–water partition coefficient (Wildman–Crippen LogP) is 1.61. The second-order valence-corrected chi connectivity index (χ2v) is 4.22. The highest BCUT2D eigenvalue weighted by atomic mass is 127. The zero-order valence-corrected chi connectivity index (χ0v) is 13.5. The van der Waals surface area contributed by atoms with Crippen molar-refractivity contribution in [1.29, 1.82) is 0 Å². The van der Waals surface area contributed by atoms with Crippen molar-refractivity contribution in [1.82, 2.24) is 5.32 Å². The second kappa shape index (κ2) is 8.73. The molecule has 0 spiro atoms. The minimum Gasteiger partial charge on any atom is -0.370 e. The number of nitrogens with one attached hydrogen (secondary N) is 1. The van der Waals surface area contributed by atoms with Crippen LogP contribution in [0.4, 0.5) is 0 Å². The van der Waals surface area contributed by atoms with Gasteiger partial charge in [0.1, 0.15) is 0 Å². The van der Waals surface area contributed by atoms with Crippen molar-refractivity contribution in [2.45, 2.75) is 32.9 Å². The van der Waals surface area contributed by atoms with E-state index >= 15 is 0 Å². The Bertz CT molecular complexity index is 431. The lowest BCUT2D eigenvalue weighted by Crippen LogP contribution is -2.38. The predicted molar refractivity (Wildman–Crippen MR) is 88.6 cm³/mol. The number of rotatable bonds is 5. The lowest BCUT2D eigenvalue weighted by Gasteiger charge is -2.11. The van der Waals surface area contributed by atoms with Crippen molar-refractivity contribution in [2.75, 3.05) is 0 Å². The first-order valence-electron chi connectivity index (χ1n) is 5.98. The molecule has 0 aliphatic rings. The van der Waals surface area contributed by atoms with E-state index in [1.54, 1.807) is 12.1 Å². The zero-order chi connectivity index (χ0) is 13.5. The summed E-state index contributed by atoms with van der Waals surface area (Å²) in [5.41, 5.74) is 12.4. The van der Waals surface area contributed by atoms with Gasteiger partial charge in [0.05, 0.1) is 6.54 Å². The van der Waals surface area contributed by atoms with E-state index in [1.165, 1.54) is 0 Å². The van der Waals surface area contributed by atoms with Gasteiger partial charge in [-0.15, -0.1) is 24.0 Å². The molecule has 0 fully saturated rings. The minimum absolute atomic E-state index is 0. The number of halogens is 1. The molecule has 1 aromatic carbocycles. The maximum Gasteiger partial charge on any atom is 0.248 e. The Balaban J connectivity index is 0.00000324. The Kier molecular flexibility index (Phi) is 8.13. The molecule has 0 heterocycles. The van der Waals surface area contributed by atoms with Gasteiger partial charge in [-0.2, -0.15) is 0 Å². The largest absolute Gasteiger partial charge is 0.370 e. The van der Waals surface area contributed by atoms with Gasteiger partial charge in [0.2, 0.25) is 5.91 Å². The molecule has 1 aromatic rings. The van der Waals surface area contributed by atoms with Crippen LogP contribution < -0.4 is 16.8 Å². The summed E-state index contributed by atoms with van der Waals surface area (Å²) in [6.45, 7) is 4.60. The maximum absolute atomic E-state index is 10.9. The quantitative estimate of drug-likeness (QED) is 0.414. The number of primary amides is 1. The second-order valence-electron chi connectivity index (χ2n) is 4.22. The summed E-state index contributed by atoms with van der Waals surface area (Å²) in [6.07, 6.45) is 0.990. The third-order valence-electron chi connectivity index (χ3n) is 2.68. The SMILES string of the molecule is CCC(C)NC(N)=NCc1ccc(C(N)=O)cc1.I. The zero-order valence-electron chi connectivity index (χ0n) is 11.2. The number of hydrogen-bond donors (Lipinski definition) is 3. The molecule has 1 rings (SSSR count). The highest BCUT2D eigenvalue weighted by Crippen LogP contribution is 2.05. The summed E-state index contributed by atoms with van der Waals surface area (Å²) in [5, 5.41) is 3.08.